The van der Waals surface area contributed by atoms with E-state index < -0.39 is 5.97 Å². The molecular weight excluding hydrogens is 414 g/mol. The van der Waals surface area contributed by atoms with Crippen LogP contribution in [-0.4, -0.2) is 23.4 Å². The second kappa shape index (κ2) is 8.10. The molecule has 0 spiro atoms. The first kappa shape index (κ1) is 18.7. The molecule has 0 bridgehead atoms. The lowest BCUT2D eigenvalue weighted by atomic mass is 10.1. The Hall–Kier alpha value is -2.05. The largest absolute Gasteiger partial charge is 0.462 e. The molecule has 0 aliphatic heterocycles. The number of carbonyl (C=O) groups excluding carboxylic acids is 1. The Labute approximate surface area is 164 Å². The summed E-state index contributed by atoms with van der Waals surface area (Å²) in [7, 11) is 0. The summed E-state index contributed by atoms with van der Waals surface area (Å²) in [5.74, 6) is -0.592. The Balaban J connectivity index is 2.14. The molecule has 0 amide bonds. The number of hydrogen-bond donors (Lipinski definition) is 0. The first-order valence-electron chi connectivity index (χ1n) is 8.16. The maximum Gasteiger partial charge on any atom is 0.343 e. The Kier molecular flexibility index (Phi) is 5.84. The van der Waals surface area contributed by atoms with Crippen LogP contribution in [0.1, 0.15) is 22.8 Å². The highest BCUT2D eigenvalue weighted by atomic mass is 79.9. The molecule has 3 aromatic rings. The molecular formula is C20H18BrNO3S. The van der Waals surface area contributed by atoms with Crippen LogP contribution in [0.25, 0.3) is 10.9 Å². The average Bonchev–Trinajstić information content (AvgIpc) is 2.64. The molecule has 0 aliphatic carbocycles. The lowest BCUT2D eigenvalue weighted by Gasteiger charge is -2.14. The van der Waals surface area contributed by atoms with E-state index in [0.717, 1.165) is 15.6 Å². The van der Waals surface area contributed by atoms with E-state index >= 15 is 0 Å². The van der Waals surface area contributed by atoms with Crippen LogP contribution in [0.3, 0.4) is 0 Å². The molecule has 0 N–H and O–H groups in total. The van der Waals surface area contributed by atoms with Crippen LogP contribution >= 0.6 is 27.7 Å². The van der Waals surface area contributed by atoms with Crippen LogP contribution in [0.4, 0.5) is 0 Å². The summed E-state index contributed by atoms with van der Waals surface area (Å²) in [5.41, 5.74) is 1.61. The number of pyridine rings is 1. The predicted molar refractivity (Wildman–Crippen MR) is 109 cm³/mol. The lowest BCUT2D eigenvalue weighted by molar-refractivity contribution is 0.0524. The van der Waals surface area contributed by atoms with Crippen molar-refractivity contribution in [1.82, 2.24) is 4.57 Å². The molecule has 1 heterocycles. The molecule has 0 aliphatic rings. The van der Waals surface area contributed by atoms with Gasteiger partial charge in [-0.3, -0.25) is 4.79 Å². The van der Waals surface area contributed by atoms with Crippen molar-refractivity contribution in [2.45, 2.75) is 18.4 Å². The Morgan fingerprint density at radius 2 is 1.92 bits per heavy atom. The zero-order chi connectivity index (χ0) is 18.7. The molecule has 0 radical (unpaired) electrons. The molecule has 2 aromatic carbocycles. The van der Waals surface area contributed by atoms with Crippen molar-refractivity contribution in [3.63, 3.8) is 0 Å². The normalized spacial score (nSPS) is 10.9. The minimum Gasteiger partial charge on any atom is -0.462 e. The third-order valence-corrected chi connectivity index (χ3v) is 5.29. The molecule has 0 unspecified atom stereocenters. The third-order valence-electron chi connectivity index (χ3n) is 4.05. The SMILES string of the molecule is CCOC(=O)c1cn(Cc2ccc(SC)cc2)c2ccc(Br)cc2c1=O. The molecule has 0 saturated heterocycles. The molecule has 0 atom stereocenters. The van der Waals surface area contributed by atoms with Gasteiger partial charge < -0.3 is 9.30 Å². The van der Waals surface area contributed by atoms with Gasteiger partial charge in [0.05, 0.1) is 12.1 Å². The van der Waals surface area contributed by atoms with Gasteiger partial charge in [-0.1, -0.05) is 28.1 Å². The van der Waals surface area contributed by atoms with Crippen LogP contribution in [0.5, 0.6) is 0 Å². The minimum atomic E-state index is -0.592. The number of hydrogen-bond acceptors (Lipinski definition) is 4. The fourth-order valence-corrected chi connectivity index (χ4v) is 3.55. The molecule has 6 heteroatoms. The van der Waals surface area contributed by atoms with Crippen molar-refractivity contribution in [2.75, 3.05) is 12.9 Å². The molecule has 1 aromatic heterocycles. The number of rotatable bonds is 5. The summed E-state index contributed by atoms with van der Waals surface area (Å²) in [6.07, 6.45) is 3.63. The zero-order valence-corrected chi connectivity index (χ0v) is 16.9. The van der Waals surface area contributed by atoms with E-state index in [1.54, 1.807) is 30.9 Å². The molecule has 26 heavy (non-hydrogen) atoms. The highest BCUT2D eigenvalue weighted by molar-refractivity contribution is 9.10. The minimum absolute atomic E-state index is 0.0539. The number of aromatic nitrogens is 1. The number of ether oxygens (including phenoxy) is 1. The fourth-order valence-electron chi connectivity index (χ4n) is 2.78. The second-order valence-corrected chi connectivity index (χ2v) is 7.53. The lowest BCUT2D eigenvalue weighted by Crippen LogP contribution is -2.21. The zero-order valence-electron chi connectivity index (χ0n) is 14.5. The van der Waals surface area contributed by atoms with Crippen LogP contribution in [-0.2, 0) is 11.3 Å². The standard InChI is InChI=1S/C20H18BrNO3S/c1-3-25-20(24)17-12-22(11-13-4-7-15(26-2)8-5-13)18-9-6-14(21)10-16(18)19(17)23/h4-10,12H,3,11H2,1-2H3. The van der Waals surface area contributed by atoms with Gasteiger partial charge in [0, 0.05) is 27.5 Å². The Morgan fingerprint density at radius 3 is 2.58 bits per heavy atom. The molecule has 134 valence electrons. The van der Waals surface area contributed by atoms with Crippen molar-refractivity contribution < 1.29 is 9.53 Å². The van der Waals surface area contributed by atoms with Gasteiger partial charge in [0.2, 0.25) is 5.43 Å². The van der Waals surface area contributed by atoms with Crippen LogP contribution in [0, 0.1) is 0 Å². The van der Waals surface area contributed by atoms with Gasteiger partial charge in [-0.05, 0) is 49.1 Å². The topological polar surface area (TPSA) is 48.3 Å². The van der Waals surface area contributed by atoms with Crippen LogP contribution < -0.4 is 5.43 Å². The maximum atomic E-state index is 12.7. The summed E-state index contributed by atoms with van der Waals surface area (Å²) in [6, 6.07) is 13.7. The number of nitrogens with zero attached hydrogens (tertiary/aromatic N) is 1. The van der Waals surface area contributed by atoms with Crippen LogP contribution in [0.15, 0.2) is 62.8 Å². The predicted octanol–water partition coefficient (Wildman–Crippen LogP) is 4.71. The van der Waals surface area contributed by atoms with Gasteiger partial charge in [0.25, 0.3) is 0 Å². The molecule has 0 fully saturated rings. The highest BCUT2D eigenvalue weighted by Gasteiger charge is 2.17. The molecule has 4 nitrogen and oxygen atoms in total. The fraction of sp³-hybridized carbons (Fsp3) is 0.200. The van der Waals surface area contributed by atoms with E-state index in [1.165, 1.54) is 4.90 Å². The van der Waals surface area contributed by atoms with E-state index in [9.17, 15) is 9.59 Å². The third kappa shape index (κ3) is 3.86. The van der Waals surface area contributed by atoms with Gasteiger partial charge >= 0.3 is 5.97 Å². The smallest absolute Gasteiger partial charge is 0.343 e. The van der Waals surface area contributed by atoms with E-state index in [4.69, 9.17) is 4.74 Å². The Bertz CT molecular complexity index is 1010. The first-order valence-corrected chi connectivity index (χ1v) is 10.2. The van der Waals surface area contributed by atoms with E-state index in [0.29, 0.717) is 11.9 Å². The molecule has 0 saturated carbocycles. The Morgan fingerprint density at radius 1 is 1.19 bits per heavy atom. The number of fused-ring (bicyclic) bond motifs is 1. The van der Waals surface area contributed by atoms with Crippen molar-refractivity contribution in [2.24, 2.45) is 0 Å². The summed E-state index contributed by atoms with van der Waals surface area (Å²) in [4.78, 5) is 26.2. The maximum absolute atomic E-state index is 12.7. The summed E-state index contributed by atoms with van der Waals surface area (Å²) in [6.45, 7) is 2.51. The highest BCUT2D eigenvalue weighted by Crippen LogP contribution is 2.21. The number of thioether (sulfide) groups is 1. The van der Waals surface area contributed by atoms with Gasteiger partial charge in [-0.25, -0.2) is 4.79 Å². The van der Waals surface area contributed by atoms with Crippen molar-refractivity contribution >= 4 is 44.6 Å². The number of esters is 1. The summed E-state index contributed by atoms with van der Waals surface area (Å²) >= 11 is 5.09. The number of benzene rings is 2. The van der Waals surface area contributed by atoms with Gasteiger partial charge in [0.15, 0.2) is 0 Å². The van der Waals surface area contributed by atoms with Gasteiger partial charge in [-0.2, -0.15) is 0 Å². The second-order valence-electron chi connectivity index (χ2n) is 5.73. The number of carbonyl (C=O) groups is 1. The molecule has 3 rings (SSSR count). The van der Waals surface area contributed by atoms with E-state index in [-0.39, 0.29) is 17.6 Å². The first-order chi connectivity index (χ1) is 12.5. The van der Waals surface area contributed by atoms with Crippen molar-refractivity contribution in [3.8, 4) is 0 Å². The quantitative estimate of drug-likeness (QED) is 0.433. The van der Waals surface area contributed by atoms with Gasteiger partial charge in [-0.15, -0.1) is 11.8 Å². The van der Waals surface area contributed by atoms with E-state index in [2.05, 4.69) is 40.2 Å². The van der Waals surface area contributed by atoms with Crippen molar-refractivity contribution in [1.29, 1.82) is 0 Å². The summed E-state index contributed by atoms with van der Waals surface area (Å²) < 4.78 is 7.77. The average molecular weight is 432 g/mol. The van der Waals surface area contributed by atoms with E-state index in [1.807, 2.05) is 23.0 Å². The van der Waals surface area contributed by atoms with Crippen LogP contribution in [0.2, 0.25) is 0 Å². The monoisotopic (exact) mass is 431 g/mol. The van der Waals surface area contributed by atoms with Crippen molar-refractivity contribution in [3.05, 3.63) is 74.5 Å². The summed E-state index contributed by atoms with van der Waals surface area (Å²) in [5, 5.41) is 0.491. The van der Waals surface area contributed by atoms with Gasteiger partial charge in [0.1, 0.15) is 5.56 Å². The number of halogens is 1.